The number of amides is 2. The molecule has 0 bridgehead atoms. The maximum Gasteiger partial charge on any atom is 0.255 e. The average molecular weight is 466 g/mol. The van der Waals surface area contributed by atoms with Gasteiger partial charge in [-0.2, -0.15) is 0 Å². The van der Waals surface area contributed by atoms with Gasteiger partial charge in [-0.15, -0.1) is 0 Å². The van der Waals surface area contributed by atoms with Gasteiger partial charge in [0.25, 0.3) is 11.8 Å². The van der Waals surface area contributed by atoms with Gasteiger partial charge in [0.2, 0.25) is 0 Å². The van der Waals surface area contributed by atoms with Crippen molar-refractivity contribution in [3.63, 3.8) is 0 Å². The molecule has 2 aromatic rings. The number of Topliss-reactive ketones (excluding diaryl/α,β-unsaturated/α-hetero) is 2. The Bertz CT molecular complexity index is 1160. The van der Waals surface area contributed by atoms with E-state index in [0.717, 1.165) is 17.7 Å². The summed E-state index contributed by atoms with van der Waals surface area (Å²) in [6.45, 7) is 2.54. The minimum absolute atomic E-state index is 0.0887. The van der Waals surface area contributed by atoms with E-state index in [2.05, 4.69) is 10.2 Å². The number of carbonyl (C=O) groups is 4. The zero-order valence-corrected chi connectivity index (χ0v) is 19.6. The predicted octanol–water partition coefficient (Wildman–Crippen LogP) is 3.02. The molecule has 1 fully saturated rings. The SMILES string of the molecule is C[C@H](NC(=O)c1ccc2c(c1F)CN(C1CCC(=O)CC1=O)C2=O)c1ccc(CN(C)C)cc1. The number of hydrogen-bond acceptors (Lipinski definition) is 5. The molecular formula is C26H28FN3O4. The van der Waals surface area contributed by atoms with E-state index in [1.54, 1.807) is 0 Å². The van der Waals surface area contributed by atoms with Gasteiger partial charge in [-0.1, -0.05) is 24.3 Å². The maximum absolute atomic E-state index is 15.3. The lowest BCUT2D eigenvalue weighted by molar-refractivity contribution is -0.133. The lowest BCUT2D eigenvalue weighted by Gasteiger charge is -2.29. The van der Waals surface area contributed by atoms with Gasteiger partial charge in [-0.3, -0.25) is 19.2 Å². The van der Waals surface area contributed by atoms with Crippen molar-refractivity contribution in [2.24, 2.45) is 0 Å². The van der Waals surface area contributed by atoms with E-state index < -0.39 is 23.7 Å². The van der Waals surface area contributed by atoms with Crippen molar-refractivity contribution in [3.8, 4) is 0 Å². The highest BCUT2D eigenvalue weighted by Crippen LogP contribution is 2.32. The summed E-state index contributed by atoms with van der Waals surface area (Å²) in [5.74, 6) is -2.23. The van der Waals surface area contributed by atoms with Crippen LogP contribution in [0.25, 0.3) is 0 Å². The smallest absolute Gasteiger partial charge is 0.255 e. The molecule has 1 heterocycles. The second-order valence-corrected chi connectivity index (χ2v) is 9.30. The molecule has 2 atom stereocenters. The van der Waals surface area contributed by atoms with E-state index in [0.29, 0.717) is 0 Å². The molecule has 0 saturated heterocycles. The van der Waals surface area contributed by atoms with Crippen molar-refractivity contribution in [3.05, 3.63) is 70.0 Å². The van der Waals surface area contributed by atoms with Crippen LogP contribution in [0.3, 0.4) is 0 Å². The summed E-state index contributed by atoms with van der Waals surface area (Å²) in [4.78, 5) is 52.9. The molecule has 4 rings (SSSR count). The van der Waals surface area contributed by atoms with Crippen LogP contribution in [0.15, 0.2) is 36.4 Å². The van der Waals surface area contributed by atoms with Gasteiger partial charge in [0.05, 0.1) is 30.6 Å². The third-order valence-corrected chi connectivity index (χ3v) is 6.45. The summed E-state index contributed by atoms with van der Waals surface area (Å²) in [5, 5.41) is 2.82. The van der Waals surface area contributed by atoms with Crippen molar-refractivity contribution < 1.29 is 23.6 Å². The summed E-state index contributed by atoms with van der Waals surface area (Å²) in [6.07, 6.45) is 0.271. The van der Waals surface area contributed by atoms with Crippen molar-refractivity contribution in [1.29, 1.82) is 0 Å². The Morgan fingerprint density at radius 2 is 1.85 bits per heavy atom. The van der Waals surface area contributed by atoms with Gasteiger partial charge >= 0.3 is 0 Å². The fourth-order valence-electron chi connectivity index (χ4n) is 4.62. The number of ketones is 2. The first-order valence-corrected chi connectivity index (χ1v) is 11.4. The average Bonchev–Trinajstić information content (AvgIpc) is 3.11. The number of nitrogens with zero attached hydrogens (tertiary/aromatic N) is 2. The van der Waals surface area contributed by atoms with Crippen LogP contribution in [0, 0.1) is 5.82 Å². The molecule has 7 nitrogen and oxygen atoms in total. The second kappa shape index (κ2) is 9.46. The van der Waals surface area contributed by atoms with Crippen LogP contribution in [0.1, 0.15) is 69.6 Å². The maximum atomic E-state index is 15.3. The number of rotatable bonds is 6. The lowest BCUT2D eigenvalue weighted by atomic mass is 9.92. The summed E-state index contributed by atoms with van der Waals surface area (Å²) in [6, 6.07) is 9.53. The number of carbonyl (C=O) groups excluding carboxylic acids is 4. The summed E-state index contributed by atoms with van der Waals surface area (Å²) in [7, 11) is 3.98. The van der Waals surface area contributed by atoms with E-state index in [9.17, 15) is 19.2 Å². The minimum Gasteiger partial charge on any atom is -0.345 e. The van der Waals surface area contributed by atoms with E-state index in [1.165, 1.54) is 17.0 Å². The number of halogens is 1. The van der Waals surface area contributed by atoms with Crippen LogP contribution in [0.4, 0.5) is 4.39 Å². The molecule has 0 spiro atoms. The molecule has 178 valence electrons. The molecule has 1 N–H and O–H groups in total. The van der Waals surface area contributed by atoms with Crippen LogP contribution in [0.2, 0.25) is 0 Å². The monoisotopic (exact) mass is 465 g/mol. The van der Waals surface area contributed by atoms with Crippen molar-refractivity contribution in [2.45, 2.75) is 51.4 Å². The van der Waals surface area contributed by atoms with Gasteiger partial charge in [-0.25, -0.2) is 4.39 Å². The number of nitrogens with one attached hydrogen (secondary N) is 1. The highest BCUT2D eigenvalue weighted by atomic mass is 19.1. The molecular weight excluding hydrogens is 437 g/mol. The van der Waals surface area contributed by atoms with Crippen molar-refractivity contribution >= 4 is 23.4 Å². The first kappa shape index (κ1) is 23.8. The Balaban J connectivity index is 1.48. The van der Waals surface area contributed by atoms with Crippen LogP contribution >= 0.6 is 0 Å². The van der Waals surface area contributed by atoms with Gasteiger partial charge < -0.3 is 15.1 Å². The van der Waals surface area contributed by atoms with Crippen LogP contribution in [-0.2, 0) is 22.7 Å². The molecule has 0 aromatic heterocycles. The molecule has 34 heavy (non-hydrogen) atoms. The minimum atomic E-state index is -0.751. The normalized spacial score (nSPS) is 18.9. The van der Waals surface area contributed by atoms with Gasteiger partial charge in [0.1, 0.15) is 11.6 Å². The highest BCUT2D eigenvalue weighted by Gasteiger charge is 2.40. The van der Waals surface area contributed by atoms with Crippen LogP contribution in [-0.4, -0.2) is 53.3 Å². The van der Waals surface area contributed by atoms with E-state index >= 15 is 4.39 Å². The molecule has 0 radical (unpaired) electrons. The van der Waals surface area contributed by atoms with E-state index in [4.69, 9.17) is 0 Å². The molecule has 2 aromatic carbocycles. The van der Waals surface area contributed by atoms with Gasteiger partial charge in [-0.05, 0) is 50.7 Å². The number of benzene rings is 2. The predicted molar refractivity (Wildman–Crippen MR) is 124 cm³/mol. The van der Waals surface area contributed by atoms with Crippen LogP contribution < -0.4 is 5.32 Å². The molecule has 1 saturated carbocycles. The Morgan fingerprint density at radius 1 is 1.15 bits per heavy atom. The molecule has 2 aliphatic rings. The molecule has 1 aliphatic heterocycles. The molecule has 1 aliphatic carbocycles. The quantitative estimate of drug-likeness (QED) is 0.663. The van der Waals surface area contributed by atoms with Gasteiger partial charge in [0.15, 0.2) is 5.78 Å². The molecule has 8 heteroatoms. The van der Waals surface area contributed by atoms with Crippen molar-refractivity contribution in [2.75, 3.05) is 14.1 Å². The summed E-state index contributed by atoms with van der Waals surface area (Å²) < 4.78 is 15.3. The highest BCUT2D eigenvalue weighted by molar-refractivity contribution is 6.08. The second-order valence-electron chi connectivity index (χ2n) is 9.30. The number of hydrogen-bond donors (Lipinski definition) is 1. The zero-order chi connectivity index (χ0) is 24.6. The fourth-order valence-corrected chi connectivity index (χ4v) is 4.62. The molecule has 2 amide bonds. The lowest BCUT2D eigenvalue weighted by Crippen LogP contribution is -2.44. The van der Waals surface area contributed by atoms with Crippen molar-refractivity contribution in [1.82, 2.24) is 15.1 Å². The van der Waals surface area contributed by atoms with E-state index in [1.807, 2.05) is 45.3 Å². The number of fused-ring (bicyclic) bond motifs is 1. The van der Waals surface area contributed by atoms with Gasteiger partial charge in [0, 0.05) is 24.1 Å². The topological polar surface area (TPSA) is 86.8 Å². The fraction of sp³-hybridized carbons (Fsp3) is 0.385. The third kappa shape index (κ3) is 4.63. The summed E-state index contributed by atoms with van der Waals surface area (Å²) >= 11 is 0. The Kier molecular flexibility index (Phi) is 6.61. The summed E-state index contributed by atoms with van der Waals surface area (Å²) in [5.41, 5.74) is 2.16. The standard InChI is InChI=1S/C26H28FN3O4/c1-15(17-6-4-16(5-7-17)13-29(2)3)28-25(33)20-10-9-19-21(24(20)27)14-30(26(19)34)22-11-8-18(31)12-23(22)32/h4-7,9-10,15,22H,8,11-14H2,1-3H3,(H,28,33)/t15-,22?/m0/s1. The van der Waals surface area contributed by atoms with Crippen LogP contribution in [0.5, 0.6) is 0 Å². The third-order valence-electron chi connectivity index (χ3n) is 6.45. The Hall–Kier alpha value is -3.39. The Morgan fingerprint density at radius 3 is 2.50 bits per heavy atom. The first-order valence-electron chi connectivity index (χ1n) is 11.4. The largest absolute Gasteiger partial charge is 0.345 e. The first-order chi connectivity index (χ1) is 16.2. The molecule has 1 unspecified atom stereocenters. The zero-order valence-electron chi connectivity index (χ0n) is 19.6. The Labute approximate surface area is 197 Å². The van der Waals surface area contributed by atoms with E-state index in [-0.39, 0.29) is 60.1 Å².